The van der Waals surface area contributed by atoms with Gasteiger partial charge in [-0.2, -0.15) is 0 Å². The van der Waals surface area contributed by atoms with Crippen LogP contribution in [0.3, 0.4) is 0 Å². The highest BCUT2D eigenvalue weighted by molar-refractivity contribution is 5.91. The summed E-state index contributed by atoms with van der Waals surface area (Å²) in [5.74, 6) is -1.10. The van der Waals surface area contributed by atoms with Crippen molar-refractivity contribution in [3.63, 3.8) is 0 Å². The SMILES string of the molecule is CCCCCCCC(=O)N[C@H](CC(N)=O)C(=O)N(C)CCc1ccccc1. The first kappa shape index (κ1) is 22.7. The first-order valence-corrected chi connectivity index (χ1v) is 9.80. The number of hydrogen-bond acceptors (Lipinski definition) is 3. The van der Waals surface area contributed by atoms with E-state index >= 15 is 0 Å². The molecule has 0 radical (unpaired) electrons. The fraction of sp³-hybridized carbons (Fsp3) is 0.571. The third-order valence-electron chi connectivity index (χ3n) is 4.50. The molecule has 0 aliphatic heterocycles. The largest absolute Gasteiger partial charge is 0.370 e. The Labute approximate surface area is 162 Å². The number of likely N-dealkylation sites (N-methyl/N-ethyl adjacent to an activating group) is 1. The lowest BCUT2D eigenvalue weighted by Gasteiger charge is -2.24. The molecule has 0 unspecified atom stereocenters. The summed E-state index contributed by atoms with van der Waals surface area (Å²) in [4.78, 5) is 37.7. The van der Waals surface area contributed by atoms with Gasteiger partial charge in [0.15, 0.2) is 0 Å². The van der Waals surface area contributed by atoms with Crippen molar-refractivity contribution in [2.75, 3.05) is 13.6 Å². The maximum atomic E-state index is 12.7. The molecule has 1 rings (SSSR count). The van der Waals surface area contributed by atoms with E-state index in [1.165, 1.54) is 0 Å². The van der Waals surface area contributed by atoms with Crippen molar-refractivity contribution in [2.24, 2.45) is 5.73 Å². The van der Waals surface area contributed by atoms with E-state index in [1.54, 1.807) is 11.9 Å². The predicted molar refractivity (Wildman–Crippen MR) is 107 cm³/mol. The van der Waals surface area contributed by atoms with Crippen molar-refractivity contribution in [1.29, 1.82) is 0 Å². The maximum Gasteiger partial charge on any atom is 0.245 e. The molecule has 3 N–H and O–H groups in total. The third-order valence-corrected chi connectivity index (χ3v) is 4.50. The van der Waals surface area contributed by atoms with Crippen molar-refractivity contribution in [1.82, 2.24) is 10.2 Å². The molecule has 1 atom stereocenters. The van der Waals surface area contributed by atoms with E-state index in [0.29, 0.717) is 19.4 Å². The van der Waals surface area contributed by atoms with Gasteiger partial charge < -0.3 is 16.0 Å². The van der Waals surface area contributed by atoms with Gasteiger partial charge in [0.25, 0.3) is 0 Å². The molecular weight excluding hydrogens is 342 g/mol. The Kier molecular flexibility index (Phi) is 10.8. The highest BCUT2D eigenvalue weighted by atomic mass is 16.2. The highest BCUT2D eigenvalue weighted by Crippen LogP contribution is 2.07. The monoisotopic (exact) mass is 375 g/mol. The minimum Gasteiger partial charge on any atom is -0.370 e. The molecule has 0 spiro atoms. The van der Waals surface area contributed by atoms with Gasteiger partial charge in [0, 0.05) is 20.0 Å². The third kappa shape index (κ3) is 9.78. The van der Waals surface area contributed by atoms with E-state index < -0.39 is 11.9 Å². The average Bonchev–Trinajstić information content (AvgIpc) is 2.65. The summed E-state index contributed by atoms with van der Waals surface area (Å²) in [6, 6.07) is 8.95. The number of nitrogens with one attached hydrogen (secondary N) is 1. The second kappa shape index (κ2) is 12.9. The summed E-state index contributed by atoms with van der Waals surface area (Å²) >= 11 is 0. The van der Waals surface area contributed by atoms with Crippen LogP contribution in [0.1, 0.15) is 57.4 Å². The molecular formula is C21H33N3O3. The lowest BCUT2D eigenvalue weighted by atomic mass is 10.1. The Bertz CT molecular complexity index is 590. The Balaban J connectivity index is 2.51. The minimum absolute atomic E-state index is 0.184. The normalized spacial score (nSPS) is 11.6. The second-order valence-electron chi connectivity index (χ2n) is 6.95. The number of primary amides is 1. The molecule has 0 saturated carbocycles. The number of nitrogens with zero attached hydrogens (tertiary/aromatic N) is 1. The molecule has 0 fully saturated rings. The smallest absolute Gasteiger partial charge is 0.245 e. The van der Waals surface area contributed by atoms with Crippen molar-refractivity contribution < 1.29 is 14.4 Å². The number of benzene rings is 1. The van der Waals surface area contributed by atoms with Crippen LogP contribution in [0.5, 0.6) is 0 Å². The molecule has 0 heterocycles. The molecule has 0 saturated heterocycles. The van der Waals surface area contributed by atoms with Gasteiger partial charge >= 0.3 is 0 Å². The summed E-state index contributed by atoms with van der Waals surface area (Å²) in [5, 5.41) is 2.69. The van der Waals surface area contributed by atoms with Crippen molar-refractivity contribution >= 4 is 17.7 Å². The second-order valence-corrected chi connectivity index (χ2v) is 6.95. The van der Waals surface area contributed by atoms with Crippen LogP contribution in [-0.4, -0.2) is 42.3 Å². The predicted octanol–water partition coefficient (Wildman–Crippen LogP) is 2.41. The van der Waals surface area contributed by atoms with Crippen LogP contribution in [0.2, 0.25) is 0 Å². The zero-order valence-corrected chi connectivity index (χ0v) is 16.6. The summed E-state index contributed by atoms with van der Waals surface area (Å²) in [5.41, 5.74) is 6.39. The fourth-order valence-corrected chi connectivity index (χ4v) is 2.87. The van der Waals surface area contributed by atoms with E-state index in [0.717, 1.165) is 37.7 Å². The van der Waals surface area contributed by atoms with Gasteiger partial charge in [-0.25, -0.2) is 0 Å². The lowest BCUT2D eigenvalue weighted by Crippen LogP contribution is -2.49. The van der Waals surface area contributed by atoms with E-state index in [9.17, 15) is 14.4 Å². The Morgan fingerprint density at radius 3 is 2.37 bits per heavy atom. The molecule has 6 heteroatoms. The van der Waals surface area contributed by atoms with Crippen LogP contribution < -0.4 is 11.1 Å². The first-order chi connectivity index (χ1) is 12.9. The van der Waals surface area contributed by atoms with Crippen LogP contribution in [0, 0.1) is 0 Å². The lowest BCUT2D eigenvalue weighted by molar-refractivity contribution is -0.137. The van der Waals surface area contributed by atoms with Crippen LogP contribution in [0.4, 0.5) is 0 Å². The first-order valence-electron chi connectivity index (χ1n) is 9.80. The topological polar surface area (TPSA) is 92.5 Å². The number of rotatable bonds is 13. The van der Waals surface area contributed by atoms with Crippen LogP contribution in [0.25, 0.3) is 0 Å². The minimum atomic E-state index is -0.897. The average molecular weight is 376 g/mol. The summed E-state index contributed by atoms with van der Waals surface area (Å²) in [6.45, 7) is 2.64. The molecule has 1 aromatic rings. The van der Waals surface area contributed by atoms with Crippen LogP contribution in [-0.2, 0) is 20.8 Å². The quantitative estimate of drug-likeness (QED) is 0.519. The van der Waals surface area contributed by atoms with Gasteiger partial charge in [-0.15, -0.1) is 0 Å². The van der Waals surface area contributed by atoms with Gasteiger partial charge in [0.1, 0.15) is 6.04 Å². The van der Waals surface area contributed by atoms with Gasteiger partial charge in [-0.05, 0) is 18.4 Å². The molecule has 150 valence electrons. The van der Waals surface area contributed by atoms with Gasteiger partial charge in [-0.1, -0.05) is 62.9 Å². The fourth-order valence-electron chi connectivity index (χ4n) is 2.87. The Hall–Kier alpha value is -2.37. The number of amides is 3. The summed E-state index contributed by atoms with van der Waals surface area (Å²) in [6.07, 6.45) is 6.08. The van der Waals surface area contributed by atoms with E-state index in [-0.39, 0.29) is 18.2 Å². The number of nitrogens with two attached hydrogens (primary N) is 1. The zero-order valence-electron chi connectivity index (χ0n) is 16.6. The zero-order chi connectivity index (χ0) is 20.1. The van der Waals surface area contributed by atoms with E-state index in [2.05, 4.69) is 12.2 Å². The molecule has 0 aromatic heterocycles. The van der Waals surface area contributed by atoms with E-state index in [4.69, 9.17) is 5.73 Å². The number of hydrogen-bond donors (Lipinski definition) is 2. The summed E-state index contributed by atoms with van der Waals surface area (Å²) < 4.78 is 0. The molecule has 6 nitrogen and oxygen atoms in total. The van der Waals surface area contributed by atoms with Crippen LogP contribution in [0.15, 0.2) is 30.3 Å². The van der Waals surface area contributed by atoms with Crippen molar-refractivity contribution in [3.8, 4) is 0 Å². The molecule has 27 heavy (non-hydrogen) atoms. The van der Waals surface area contributed by atoms with Gasteiger partial charge in [0.2, 0.25) is 17.7 Å². The van der Waals surface area contributed by atoms with Gasteiger partial charge in [-0.3, -0.25) is 14.4 Å². The Morgan fingerprint density at radius 1 is 1.07 bits per heavy atom. The molecule has 0 aliphatic rings. The standard InChI is InChI=1S/C21H33N3O3/c1-3-4-5-6-10-13-20(26)23-18(16-19(22)25)21(27)24(2)15-14-17-11-8-7-9-12-17/h7-9,11-12,18H,3-6,10,13-16H2,1-2H3,(H2,22,25)(H,23,26)/t18-/m1/s1. The molecule has 1 aromatic carbocycles. The highest BCUT2D eigenvalue weighted by Gasteiger charge is 2.25. The molecule has 0 bridgehead atoms. The van der Waals surface area contributed by atoms with Crippen LogP contribution >= 0.6 is 0 Å². The number of carbonyl (C=O) groups is 3. The van der Waals surface area contributed by atoms with Gasteiger partial charge in [0.05, 0.1) is 6.42 Å². The summed E-state index contributed by atoms with van der Waals surface area (Å²) in [7, 11) is 1.68. The number of unbranched alkanes of at least 4 members (excludes halogenated alkanes) is 4. The van der Waals surface area contributed by atoms with Crippen molar-refractivity contribution in [3.05, 3.63) is 35.9 Å². The maximum absolute atomic E-state index is 12.7. The molecule has 0 aliphatic carbocycles. The van der Waals surface area contributed by atoms with E-state index in [1.807, 2.05) is 30.3 Å². The Morgan fingerprint density at radius 2 is 1.74 bits per heavy atom. The number of carbonyl (C=O) groups excluding carboxylic acids is 3. The van der Waals surface area contributed by atoms with Crippen molar-refractivity contribution in [2.45, 2.75) is 64.3 Å². The molecule has 3 amide bonds.